The molecule has 86 valence electrons. The van der Waals surface area contributed by atoms with Gasteiger partial charge in [-0.2, -0.15) is 0 Å². The van der Waals surface area contributed by atoms with Gasteiger partial charge in [-0.1, -0.05) is 29.8 Å². The highest BCUT2D eigenvalue weighted by molar-refractivity contribution is 6.30. The van der Waals surface area contributed by atoms with E-state index in [9.17, 15) is 9.90 Å². The van der Waals surface area contributed by atoms with E-state index in [1.54, 1.807) is 24.3 Å². The molecule has 0 unspecified atom stereocenters. The standard InChI is InChI=1S/C12H9ClN2O2/c13-9-6-10(16)11(14-7-9)15-12(17)8-4-2-1-3-5-8/h1-7,16H,(H,14,15,17). The number of carbonyl (C=O) groups excluding carboxylic acids is 1. The Bertz CT molecular complexity index is 543. The van der Waals surface area contributed by atoms with Crippen LogP contribution in [0.5, 0.6) is 5.75 Å². The second-order valence-electron chi connectivity index (χ2n) is 3.34. The Morgan fingerprint density at radius 3 is 2.65 bits per heavy atom. The molecule has 0 spiro atoms. The summed E-state index contributed by atoms with van der Waals surface area (Å²) in [4.78, 5) is 15.6. The summed E-state index contributed by atoms with van der Waals surface area (Å²) in [6.45, 7) is 0. The Morgan fingerprint density at radius 2 is 2.00 bits per heavy atom. The van der Waals surface area contributed by atoms with E-state index >= 15 is 0 Å². The van der Waals surface area contributed by atoms with Crippen LogP contribution in [-0.4, -0.2) is 16.0 Å². The van der Waals surface area contributed by atoms with Gasteiger partial charge in [-0.15, -0.1) is 0 Å². The average Bonchev–Trinajstić information content (AvgIpc) is 2.34. The first-order chi connectivity index (χ1) is 8.16. The first kappa shape index (κ1) is 11.4. The van der Waals surface area contributed by atoms with Gasteiger partial charge in [0.2, 0.25) is 0 Å². The van der Waals surface area contributed by atoms with E-state index in [4.69, 9.17) is 11.6 Å². The van der Waals surface area contributed by atoms with Gasteiger partial charge in [0.25, 0.3) is 5.91 Å². The lowest BCUT2D eigenvalue weighted by molar-refractivity contribution is 0.102. The third-order valence-corrected chi connectivity index (χ3v) is 2.31. The van der Waals surface area contributed by atoms with Crippen molar-refractivity contribution in [3.63, 3.8) is 0 Å². The average molecular weight is 249 g/mol. The fraction of sp³-hybridized carbons (Fsp3) is 0. The lowest BCUT2D eigenvalue weighted by Crippen LogP contribution is -2.12. The summed E-state index contributed by atoms with van der Waals surface area (Å²) in [6, 6.07) is 9.97. The molecule has 0 saturated carbocycles. The van der Waals surface area contributed by atoms with Crippen LogP contribution >= 0.6 is 11.6 Å². The number of nitrogens with zero attached hydrogens (tertiary/aromatic N) is 1. The number of carbonyl (C=O) groups is 1. The lowest BCUT2D eigenvalue weighted by Gasteiger charge is -2.06. The molecule has 0 radical (unpaired) electrons. The number of hydrogen-bond donors (Lipinski definition) is 2. The van der Waals surface area contributed by atoms with Crippen LogP contribution in [0.3, 0.4) is 0 Å². The number of aromatic nitrogens is 1. The van der Waals surface area contributed by atoms with Gasteiger partial charge in [0.15, 0.2) is 11.6 Å². The molecule has 2 rings (SSSR count). The van der Waals surface area contributed by atoms with E-state index in [1.165, 1.54) is 12.3 Å². The van der Waals surface area contributed by atoms with Crippen molar-refractivity contribution in [3.05, 3.63) is 53.2 Å². The summed E-state index contributed by atoms with van der Waals surface area (Å²) in [5, 5.41) is 12.3. The van der Waals surface area contributed by atoms with Crippen LogP contribution in [0.4, 0.5) is 5.82 Å². The monoisotopic (exact) mass is 248 g/mol. The molecule has 5 heteroatoms. The number of hydrogen-bond acceptors (Lipinski definition) is 3. The quantitative estimate of drug-likeness (QED) is 0.859. The Morgan fingerprint density at radius 1 is 1.29 bits per heavy atom. The van der Waals surface area contributed by atoms with Gasteiger partial charge in [-0.05, 0) is 12.1 Å². The van der Waals surface area contributed by atoms with Crippen molar-refractivity contribution < 1.29 is 9.90 Å². The molecule has 0 aliphatic carbocycles. The molecule has 0 saturated heterocycles. The maximum absolute atomic E-state index is 11.8. The molecule has 17 heavy (non-hydrogen) atoms. The summed E-state index contributed by atoms with van der Waals surface area (Å²) in [6.07, 6.45) is 1.35. The van der Waals surface area contributed by atoms with E-state index in [0.29, 0.717) is 10.6 Å². The van der Waals surface area contributed by atoms with Crippen molar-refractivity contribution in [3.8, 4) is 5.75 Å². The predicted octanol–water partition coefficient (Wildman–Crippen LogP) is 2.69. The number of pyridine rings is 1. The van der Waals surface area contributed by atoms with E-state index in [-0.39, 0.29) is 17.5 Å². The Balaban J connectivity index is 2.19. The SMILES string of the molecule is O=C(Nc1ncc(Cl)cc1O)c1ccccc1. The van der Waals surface area contributed by atoms with Crippen molar-refractivity contribution in [2.24, 2.45) is 0 Å². The van der Waals surface area contributed by atoms with Gasteiger partial charge < -0.3 is 10.4 Å². The number of rotatable bonds is 2. The lowest BCUT2D eigenvalue weighted by atomic mass is 10.2. The van der Waals surface area contributed by atoms with Crippen LogP contribution < -0.4 is 5.32 Å². The molecule has 0 fully saturated rings. The molecule has 2 N–H and O–H groups in total. The number of halogens is 1. The highest BCUT2D eigenvalue weighted by Gasteiger charge is 2.09. The zero-order valence-electron chi connectivity index (χ0n) is 8.72. The fourth-order valence-corrected chi connectivity index (χ4v) is 1.45. The smallest absolute Gasteiger partial charge is 0.256 e. The van der Waals surface area contributed by atoms with Crippen LogP contribution in [0.2, 0.25) is 5.02 Å². The number of nitrogens with one attached hydrogen (secondary N) is 1. The first-order valence-corrected chi connectivity index (χ1v) is 5.25. The summed E-state index contributed by atoms with van der Waals surface area (Å²) in [5.41, 5.74) is 0.489. The molecule has 4 nitrogen and oxygen atoms in total. The summed E-state index contributed by atoms with van der Waals surface area (Å²) < 4.78 is 0. The Hall–Kier alpha value is -2.07. The van der Waals surface area contributed by atoms with Crippen molar-refractivity contribution in [1.82, 2.24) is 4.98 Å². The molecule has 0 bridgehead atoms. The van der Waals surface area contributed by atoms with Gasteiger partial charge in [0, 0.05) is 17.8 Å². The van der Waals surface area contributed by atoms with Gasteiger partial charge in [-0.25, -0.2) is 4.98 Å². The minimum absolute atomic E-state index is 0.0863. The topological polar surface area (TPSA) is 62.2 Å². The molecule has 1 heterocycles. The summed E-state index contributed by atoms with van der Waals surface area (Å²) in [5.74, 6) is -0.416. The van der Waals surface area contributed by atoms with Gasteiger partial charge in [0.05, 0.1) is 5.02 Å². The minimum Gasteiger partial charge on any atom is -0.504 e. The van der Waals surface area contributed by atoms with Crippen molar-refractivity contribution in [2.75, 3.05) is 5.32 Å². The fourth-order valence-electron chi connectivity index (χ4n) is 1.29. The number of benzene rings is 1. The second-order valence-corrected chi connectivity index (χ2v) is 3.78. The van der Waals surface area contributed by atoms with Gasteiger partial charge >= 0.3 is 0 Å². The van der Waals surface area contributed by atoms with E-state index in [2.05, 4.69) is 10.3 Å². The third kappa shape index (κ3) is 2.73. The van der Waals surface area contributed by atoms with Crippen molar-refractivity contribution in [2.45, 2.75) is 0 Å². The van der Waals surface area contributed by atoms with E-state index < -0.39 is 0 Å². The highest BCUT2D eigenvalue weighted by Crippen LogP contribution is 2.23. The Kier molecular flexibility index (Phi) is 3.25. The molecule has 0 atom stereocenters. The molecule has 2 aromatic rings. The third-order valence-electron chi connectivity index (χ3n) is 2.10. The minimum atomic E-state index is -0.337. The zero-order chi connectivity index (χ0) is 12.3. The van der Waals surface area contributed by atoms with Crippen LogP contribution in [-0.2, 0) is 0 Å². The van der Waals surface area contributed by atoms with Crippen LogP contribution in [0, 0.1) is 0 Å². The summed E-state index contributed by atoms with van der Waals surface area (Å²) >= 11 is 5.64. The highest BCUT2D eigenvalue weighted by atomic mass is 35.5. The molecular weight excluding hydrogens is 240 g/mol. The maximum atomic E-state index is 11.8. The van der Waals surface area contributed by atoms with Crippen LogP contribution in [0.15, 0.2) is 42.6 Å². The summed E-state index contributed by atoms with van der Waals surface area (Å²) in [7, 11) is 0. The molecule has 0 aliphatic rings. The predicted molar refractivity (Wildman–Crippen MR) is 65.3 cm³/mol. The molecule has 1 aromatic carbocycles. The van der Waals surface area contributed by atoms with E-state index in [0.717, 1.165) is 0 Å². The van der Waals surface area contributed by atoms with Crippen LogP contribution in [0.1, 0.15) is 10.4 Å². The number of anilines is 1. The number of aromatic hydroxyl groups is 1. The maximum Gasteiger partial charge on any atom is 0.256 e. The van der Waals surface area contributed by atoms with Crippen molar-refractivity contribution >= 4 is 23.3 Å². The van der Waals surface area contributed by atoms with E-state index in [1.807, 2.05) is 6.07 Å². The first-order valence-electron chi connectivity index (χ1n) is 4.88. The molecule has 0 aliphatic heterocycles. The van der Waals surface area contributed by atoms with Crippen LogP contribution in [0.25, 0.3) is 0 Å². The Labute approximate surface area is 103 Å². The zero-order valence-corrected chi connectivity index (χ0v) is 9.48. The molecule has 1 aromatic heterocycles. The van der Waals surface area contributed by atoms with Gasteiger partial charge in [0.1, 0.15) is 0 Å². The van der Waals surface area contributed by atoms with Gasteiger partial charge in [-0.3, -0.25) is 4.79 Å². The molecular formula is C12H9ClN2O2. The second kappa shape index (κ2) is 4.84. The van der Waals surface area contributed by atoms with Crippen molar-refractivity contribution in [1.29, 1.82) is 0 Å². The normalized spacial score (nSPS) is 9.94. The molecule has 1 amide bonds. The largest absolute Gasteiger partial charge is 0.504 e. The number of amides is 1.